The molecule has 2 aromatic heterocycles. The van der Waals surface area contributed by atoms with E-state index in [9.17, 15) is 18.7 Å². The van der Waals surface area contributed by atoms with Gasteiger partial charge in [-0.05, 0) is 55.5 Å². The summed E-state index contributed by atoms with van der Waals surface area (Å²) in [4.78, 5) is 21.6. The van der Waals surface area contributed by atoms with Gasteiger partial charge in [-0.3, -0.25) is 14.8 Å². The molecule has 0 aliphatic heterocycles. The Kier molecular flexibility index (Phi) is 5.66. The van der Waals surface area contributed by atoms with E-state index in [1.807, 2.05) is 0 Å². The molecule has 0 saturated heterocycles. The van der Waals surface area contributed by atoms with Crippen molar-refractivity contribution in [3.63, 3.8) is 0 Å². The van der Waals surface area contributed by atoms with E-state index in [1.54, 1.807) is 30.5 Å². The van der Waals surface area contributed by atoms with Crippen LogP contribution in [0.15, 0.2) is 48.8 Å². The van der Waals surface area contributed by atoms with Crippen LogP contribution in [0, 0.1) is 5.82 Å². The number of halogens is 3. The number of benzene rings is 1. The number of carbonyl (C=O) groups excluding carboxylic acids is 1. The zero-order chi connectivity index (χ0) is 21.3. The molecule has 1 fully saturated rings. The molecule has 1 amide bonds. The number of fused-ring (bicyclic) bond motifs is 1. The number of aromatic nitrogens is 2. The Morgan fingerprint density at radius 1 is 1.17 bits per heavy atom. The van der Waals surface area contributed by atoms with E-state index in [1.165, 1.54) is 18.3 Å². The Hall–Kier alpha value is -2.64. The standard InChI is InChI=1S/C22H20ClF2N3O2/c23-18-15(3-1-5-16(18)25)20(22(30)9-6-13(24)7-10-22)28-21(29)19-14-4-2-11-26-17(14)8-12-27-19/h1-5,8,11-13,20,30H,6-7,9-10H2,(H,28,29). The molecule has 3 aromatic rings. The number of nitrogens with zero attached hydrogens (tertiary/aromatic N) is 2. The molecule has 156 valence electrons. The highest BCUT2D eigenvalue weighted by molar-refractivity contribution is 6.31. The number of carbonyl (C=O) groups is 1. The Balaban J connectivity index is 1.74. The van der Waals surface area contributed by atoms with E-state index in [4.69, 9.17) is 11.6 Å². The lowest BCUT2D eigenvalue weighted by atomic mass is 9.76. The fourth-order valence-electron chi connectivity index (χ4n) is 4.00. The van der Waals surface area contributed by atoms with Crippen LogP contribution in [0.25, 0.3) is 10.9 Å². The third kappa shape index (κ3) is 3.87. The van der Waals surface area contributed by atoms with Gasteiger partial charge in [0.1, 0.15) is 17.7 Å². The summed E-state index contributed by atoms with van der Waals surface area (Å²) < 4.78 is 27.9. The first-order valence-electron chi connectivity index (χ1n) is 9.70. The van der Waals surface area contributed by atoms with Crippen LogP contribution in [-0.4, -0.2) is 32.8 Å². The minimum absolute atomic E-state index is 0.108. The number of hydrogen-bond acceptors (Lipinski definition) is 4. The van der Waals surface area contributed by atoms with Gasteiger partial charge >= 0.3 is 0 Å². The highest BCUT2D eigenvalue weighted by Gasteiger charge is 2.43. The van der Waals surface area contributed by atoms with Gasteiger partial charge in [-0.1, -0.05) is 23.7 Å². The maximum Gasteiger partial charge on any atom is 0.271 e. The molecular weight excluding hydrogens is 412 g/mol. The third-order valence-corrected chi connectivity index (χ3v) is 6.03. The average molecular weight is 432 g/mol. The summed E-state index contributed by atoms with van der Waals surface area (Å²) in [5.74, 6) is -1.22. The van der Waals surface area contributed by atoms with Crippen molar-refractivity contribution in [3.8, 4) is 0 Å². The highest BCUT2D eigenvalue weighted by Crippen LogP contribution is 2.42. The van der Waals surface area contributed by atoms with Gasteiger partial charge in [0.25, 0.3) is 5.91 Å². The van der Waals surface area contributed by atoms with Crippen molar-refractivity contribution in [2.75, 3.05) is 0 Å². The van der Waals surface area contributed by atoms with Gasteiger partial charge in [-0.2, -0.15) is 0 Å². The van der Waals surface area contributed by atoms with Gasteiger partial charge in [0.05, 0.1) is 22.2 Å². The Morgan fingerprint density at radius 3 is 2.70 bits per heavy atom. The molecule has 4 rings (SSSR count). The first-order valence-corrected chi connectivity index (χ1v) is 10.1. The third-order valence-electron chi connectivity index (χ3n) is 5.63. The van der Waals surface area contributed by atoms with E-state index >= 15 is 0 Å². The molecule has 2 heterocycles. The molecule has 1 atom stereocenters. The second-order valence-corrected chi connectivity index (χ2v) is 7.94. The predicted molar refractivity (Wildman–Crippen MR) is 109 cm³/mol. The Bertz CT molecular complexity index is 1080. The van der Waals surface area contributed by atoms with Crippen molar-refractivity contribution < 1.29 is 18.7 Å². The quantitative estimate of drug-likeness (QED) is 0.636. The van der Waals surface area contributed by atoms with Crippen LogP contribution in [0.1, 0.15) is 47.8 Å². The van der Waals surface area contributed by atoms with Crippen molar-refractivity contribution in [1.29, 1.82) is 0 Å². The van der Waals surface area contributed by atoms with Crippen molar-refractivity contribution in [2.45, 2.75) is 43.5 Å². The lowest BCUT2D eigenvalue weighted by molar-refractivity contribution is -0.0446. The number of hydrogen-bond donors (Lipinski definition) is 2. The van der Waals surface area contributed by atoms with Crippen LogP contribution in [0.4, 0.5) is 8.78 Å². The van der Waals surface area contributed by atoms with Crippen molar-refractivity contribution in [1.82, 2.24) is 15.3 Å². The summed E-state index contributed by atoms with van der Waals surface area (Å²) in [5.41, 5.74) is -0.517. The second-order valence-electron chi connectivity index (χ2n) is 7.56. The van der Waals surface area contributed by atoms with E-state index in [0.29, 0.717) is 10.9 Å². The summed E-state index contributed by atoms with van der Waals surface area (Å²) in [7, 11) is 0. The van der Waals surface area contributed by atoms with Crippen LogP contribution < -0.4 is 5.32 Å². The highest BCUT2D eigenvalue weighted by atomic mass is 35.5. The number of nitrogens with one attached hydrogen (secondary N) is 1. The van der Waals surface area contributed by atoms with E-state index in [-0.39, 0.29) is 42.0 Å². The lowest BCUT2D eigenvalue weighted by Gasteiger charge is -2.41. The summed E-state index contributed by atoms with van der Waals surface area (Å²) in [5, 5.41) is 14.5. The van der Waals surface area contributed by atoms with Crippen LogP contribution in [-0.2, 0) is 0 Å². The molecular formula is C22H20ClF2N3O2. The van der Waals surface area contributed by atoms with Gasteiger partial charge < -0.3 is 10.4 Å². The molecule has 0 spiro atoms. The number of amides is 1. The SMILES string of the molecule is O=C(NC(c1cccc(F)c1Cl)C1(O)CCC(F)CC1)c1nccc2ncccc12. The van der Waals surface area contributed by atoms with Gasteiger partial charge in [0.2, 0.25) is 0 Å². The zero-order valence-electron chi connectivity index (χ0n) is 16.0. The van der Waals surface area contributed by atoms with E-state index < -0.39 is 29.5 Å². The minimum Gasteiger partial charge on any atom is -0.387 e. The Morgan fingerprint density at radius 2 is 1.93 bits per heavy atom. The van der Waals surface area contributed by atoms with Crippen molar-refractivity contribution >= 4 is 28.4 Å². The molecule has 1 aliphatic rings. The monoisotopic (exact) mass is 431 g/mol. The number of aliphatic hydroxyl groups is 1. The summed E-state index contributed by atoms with van der Waals surface area (Å²) in [6, 6.07) is 8.27. The maximum atomic E-state index is 14.2. The first-order chi connectivity index (χ1) is 14.4. The zero-order valence-corrected chi connectivity index (χ0v) is 16.7. The predicted octanol–water partition coefficient (Wildman–Crippen LogP) is 4.54. The molecule has 0 radical (unpaired) electrons. The van der Waals surface area contributed by atoms with Gasteiger partial charge in [0.15, 0.2) is 0 Å². The van der Waals surface area contributed by atoms with Gasteiger partial charge in [-0.25, -0.2) is 8.78 Å². The van der Waals surface area contributed by atoms with Crippen LogP contribution in [0.5, 0.6) is 0 Å². The normalized spacial score (nSPS) is 22.6. The smallest absolute Gasteiger partial charge is 0.271 e. The van der Waals surface area contributed by atoms with Crippen molar-refractivity contribution in [2.24, 2.45) is 0 Å². The molecule has 1 saturated carbocycles. The molecule has 1 unspecified atom stereocenters. The maximum absolute atomic E-state index is 14.2. The molecule has 1 aliphatic carbocycles. The second kappa shape index (κ2) is 8.24. The van der Waals surface area contributed by atoms with E-state index in [2.05, 4.69) is 15.3 Å². The molecule has 5 nitrogen and oxygen atoms in total. The largest absolute Gasteiger partial charge is 0.387 e. The molecule has 0 bridgehead atoms. The number of rotatable bonds is 4. The fourth-order valence-corrected chi connectivity index (χ4v) is 4.23. The summed E-state index contributed by atoms with van der Waals surface area (Å²) in [6.45, 7) is 0. The van der Waals surface area contributed by atoms with Gasteiger partial charge in [-0.15, -0.1) is 0 Å². The lowest BCUT2D eigenvalue weighted by Crippen LogP contribution is -2.48. The fraction of sp³-hybridized carbons (Fsp3) is 0.318. The van der Waals surface area contributed by atoms with E-state index in [0.717, 1.165) is 0 Å². The topological polar surface area (TPSA) is 75.1 Å². The molecule has 30 heavy (non-hydrogen) atoms. The van der Waals surface area contributed by atoms with Gasteiger partial charge in [0, 0.05) is 17.8 Å². The minimum atomic E-state index is -1.47. The molecule has 8 heteroatoms. The summed E-state index contributed by atoms with van der Waals surface area (Å²) >= 11 is 6.19. The molecule has 1 aromatic carbocycles. The van der Waals surface area contributed by atoms with Crippen LogP contribution in [0.3, 0.4) is 0 Å². The first kappa shape index (κ1) is 20.6. The number of pyridine rings is 2. The summed E-state index contributed by atoms with van der Waals surface area (Å²) in [6.07, 6.45) is 2.57. The molecule has 2 N–H and O–H groups in total. The average Bonchev–Trinajstić information content (AvgIpc) is 2.76. The number of alkyl halides is 1. The Labute approximate surface area is 177 Å². The van der Waals surface area contributed by atoms with Crippen LogP contribution >= 0.6 is 11.6 Å². The van der Waals surface area contributed by atoms with Crippen LogP contribution in [0.2, 0.25) is 5.02 Å². The van der Waals surface area contributed by atoms with Crippen molar-refractivity contribution in [3.05, 3.63) is 70.9 Å².